The van der Waals surface area contributed by atoms with Crippen LogP contribution in [0.2, 0.25) is 0 Å². The van der Waals surface area contributed by atoms with Gasteiger partial charge in [0, 0.05) is 16.5 Å². The Balaban J connectivity index is 1.12. The lowest BCUT2D eigenvalue weighted by molar-refractivity contribution is 0.768. The predicted octanol–water partition coefficient (Wildman–Crippen LogP) is 12.9. The Morgan fingerprint density at radius 3 is 1.62 bits per heavy atom. The molecule has 0 aliphatic heterocycles. The molecule has 0 amide bonds. The minimum atomic E-state index is -0.404. The van der Waals surface area contributed by atoms with E-state index in [0.717, 1.165) is 12.1 Å². The van der Waals surface area contributed by atoms with Crippen molar-refractivity contribution in [3.63, 3.8) is 0 Å². The van der Waals surface area contributed by atoms with Crippen molar-refractivity contribution in [3.05, 3.63) is 245 Å². The van der Waals surface area contributed by atoms with Gasteiger partial charge in [-0.15, -0.1) is 0 Å². The molecule has 8 aromatic carbocycles. The van der Waals surface area contributed by atoms with Crippen LogP contribution in [0.3, 0.4) is 0 Å². The zero-order valence-electron chi connectivity index (χ0n) is 29.4. The first-order chi connectivity index (χ1) is 26.3. The number of rotatable bonds is 7. The van der Waals surface area contributed by atoms with Gasteiger partial charge in [0.05, 0.1) is 16.4 Å². The molecule has 1 aliphatic carbocycles. The molecule has 0 spiro atoms. The van der Waals surface area contributed by atoms with E-state index in [1.54, 1.807) is 0 Å². The molecule has 0 bridgehead atoms. The molecule has 0 N–H and O–H groups in total. The Kier molecular flexibility index (Phi) is 7.51. The minimum Gasteiger partial charge on any atom is -0.309 e. The van der Waals surface area contributed by atoms with E-state index in [4.69, 9.17) is 0 Å². The third-order valence-electron chi connectivity index (χ3n) is 11.1. The molecule has 53 heavy (non-hydrogen) atoms. The third kappa shape index (κ3) is 5.08. The van der Waals surface area contributed by atoms with Crippen molar-refractivity contribution >= 4 is 33.5 Å². The van der Waals surface area contributed by atoms with Crippen LogP contribution < -0.4 is 0 Å². The minimum absolute atomic E-state index is 0.404. The highest BCUT2D eigenvalue weighted by Gasteiger charge is 2.45. The molecule has 250 valence electrons. The first-order valence-corrected chi connectivity index (χ1v) is 18.5. The molecule has 1 nitrogen and oxygen atoms in total. The lowest BCUT2D eigenvalue weighted by atomic mass is 9.67. The summed E-state index contributed by atoms with van der Waals surface area (Å²) >= 11 is 0. The van der Waals surface area contributed by atoms with Crippen LogP contribution >= 0.6 is 0 Å². The summed E-state index contributed by atoms with van der Waals surface area (Å²) in [6, 6.07) is 75.6. The van der Waals surface area contributed by atoms with Gasteiger partial charge >= 0.3 is 0 Å². The summed E-state index contributed by atoms with van der Waals surface area (Å²) in [5, 5.41) is 2.55. The molecule has 1 heteroatoms. The number of aromatic nitrogens is 1. The van der Waals surface area contributed by atoms with E-state index in [1.807, 2.05) is 0 Å². The van der Waals surface area contributed by atoms with Crippen LogP contribution in [-0.2, 0) is 11.8 Å². The number of hydrogen-bond donors (Lipinski definition) is 0. The van der Waals surface area contributed by atoms with E-state index in [0.29, 0.717) is 0 Å². The van der Waals surface area contributed by atoms with Gasteiger partial charge in [0.1, 0.15) is 0 Å². The second-order valence-electron chi connectivity index (χ2n) is 14.1. The van der Waals surface area contributed by atoms with Gasteiger partial charge in [-0.2, -0.15) is 0 Å². The summed E-state index contributed by atoms with van der Waals surface area (Å²) in [7, 11) is 0. The number of allylic oxidation sites excluding steroid dienone is 1. The van der Waals surface area contributed by atoms with E-state index >= 15 is 0 Å². The molecule has 1 heterocycles. The lowest BCUT2D eigenvalue weighted by Gasteiger charge is -2.33. The third-order valence-corrected chi connectivity index (χ3v) is 11.1. The Morgan fingerprint density at radius 1 is 0.453 bits per heavy atom. The van der Waals surface area contributed by atoms with Gasteiger partial charge in [0.2, 0.25) is 0 Å². The van der Waals surface area contributed by atoms with Gasteiger partial charge in [0.25, 0.3) is 0 Å². The molecule has 0 fully saturated rings. The SMILES string of the molecule is C(=C(\Cc1ccccc1)c1ccc2c(c1)-c1ccccc1C2(c1ccccc1)c1ccccc1)/c1ccc(-n2c3ccccc3c3ccccc32)cc1. The number of hydrogen-bond acceptors (Lipinski definition) is 0. The van der Waals surface area contributed by atoms with Gasteiger partial charge in [-0.05, 0) is 92.4 Å². The van der Waals surface area contributed by atoms with Crippen molar-refractivity contribution in [2.45, 2.75) is 11.8 Å². The molecule has 9 aromatic rings. The zero-order valence-corrected chi connectivity index (χ0v) is 29.4. The quantitative estimate of drug-likeness (QED) is 0.148. The van der Waals surface area contributed by atoms with Crippen LogP contribution in [0.25, 0.3) is 50.3 Å². The molecule has 1 aromatic heterocycles. The smallest absolute Gasteiger partial charge is 0.0713 e. The Labute approximate surface area is 310 Å². The fourth-order valence-corrected chi connectivity index (χ4v) is 8.82. The number of nitrogens with zero attached hydrogens (tertiary/aromatic N) is 1. The predicted molar refractivity (Wildman–Crippen MR) is 223 cm³/mol. The van der Waals surface area contributed by atoms with Crippen molar-refractivity contribution in [3.8, 4) is 16.8 Å². The maximum Gasteiger partial charge on any atom is 0.0713 e. The molecule has 0 radical (unpaired) electrons. The summed E-state index contributed by atoms with van der Waals surface area (Å²) in [6.07, 6.45) is 3.21. The highest BCUT2D eigenvalue weighted by atomic mass is 15.0. The number of para-hydroxylation sites is 2. The van der Waals surface area contributed by atoms with Crippen LogP contribution in [0.5, 0.6) is 0 Å². The maximum atomic E-state index is 2.45. The second kappa shape index (κ2) is 12.8. The van der Waals surface area contributed by atoms with Gasteiger partial charge in [0.15, 0.2) is 0 Å². The van der Waals surface area contributed by atoms with Crippen molar-refractivity contribution in [2.24, 2.45) is 0 Å². The summed E-state index contributed by atoms with van der Waals surface area (Å²) in [6.45, 7) is 0. The Bertz CT molecular complexity index is 2680. The normalized spacial score (nSPS) is 13.2. The fraction of sp³-hybridized carbons (Fsp3) is 0.0385. The average molecular weight is 676 g/mol. The Morgan fingerprint density at radius 2 is 0.981 bits per heavy atom. The van der Waals surface area contributed by atoms with Crippen LogP contribution in [-0.4, -0.2) is 4.57 Å². The molecule has 0 saturated carbocycles. The topological polar surface area (TPSA) is 4.93 Å². The molecule has 0 saturated heterocycles. The highest BCUT2D eigenvalue weighted by molar-refractivity contribution is 6.09. The van der Waals surface area contributed by atoms with Gasteiger partial charge in [-0.1, -0.05) is 182 Å². The standard InChI is InChI=1S/C52H37N/c1-4-16-37(17-5-1)34-40(35-38-28-31-43(32-29-38)53-50-26-14-11-23-45(50)46-24-12-15-27-51(46)53)39-30-33-49-47(36-39)44-22-10-13-25-48(44)52(49,41-18-6-2-7-19-41)42-20-8-3-9-21-42/h1-33,35-36H,34H2/b40-35-. The number of fused-ring (bicyclic) bond motifs is 6. The van der Waals surface area contributed by atoms with Crippen LogP contribution in [0.1, 0.15) is 38.9 Å². The van der Waals surface area contributed by atoms with Gasteiger partial charge in [-0.3, -0.25) is 0 Å². The molecule has 0 unspecified atom stereocenters. The summed E-state index contributed by atoms with van der Waals surface area (Å²) in [4.78, 5) is 0. The lowest BCUT2D eigenvalue weighted by Crippen LogP contribution is -2.28. The molecule has 10 rings (SSSR count). The van der Waals surface area contributed by atoms with E-state index in [9.17, 15) is 0 Å². The molecule has 0 atom stereocenters. The van der Waals surface area contributed by atoms with Gasteiger partial charge < -0.3 is 4.57 Å². The Hall–Kier alpha value is -6.70. The van der Waals surface area contributed by atoms with Crippen molar-refractivity contribution in [2.75, 3.05) is 0 Å². The monoisotopic (exact) mass is 675 g/mol. The van der Waals surface area contributed by atoms with Crippen molar-refractivity contribution in [1.82, 2.24) is 4.57 Å². The zero-order chi connectivity index (χ0) is 35.2. The van der Waals surface area contributed by atoms with E-state index in [2.05, 4.69) is 217 Å². The van der Waals surface area contributed by atoms with Gasteiger partial charge in [-0.25, -0.2) is 0 Å². The van der Waals surface area contributed by atoms with Crippen LogP contribution in [0.4, 0.5) is 0 Å². The van der Waals surface area contributed by atoms with Crippen molar-refractivity contribution < 1.29 is 0 Å². The van der Waals surface area contributed by atoms with E-state index < -0.39 is 5.41 Å². The second-order valence-corrected chi connectivity index (χ2v) is 14.1. The van der Waals surface area contributed by atoms with E-state index in [1.165, 1.54) is 77.5 Å². The maximum absolute atomic E-state index is 2.45. The summed E-state index contributed by atoms with van der Waals surface area (Å²) in [5.41, 5.74) is 16.0. The summed E-state index contributed by atoms with van der Waals surface area (Å²) in [5.74, 6) is 0. The summed E-state index contributed by atoms with van der Waals surface area (Å²) < 4.78 is 2.38. The highest BCUT2D eigenvalue weighted by Crippen LogP contribution is 2.56. The fourth-order valence-electron chi connectivity index (χ4n) is 8.82. The average Bonchev–Trinajstić information content (AvgIpc) is 3.73. The first kappa shape index (κ1) is 31.1. The number of benzene rings is 8. The van der Waals surface area contributed by atoms with Crippen molar-refractivity contribution in [1.29, 1.82) is 0 Å². The van der Waals surface area contributed by atoms with E-state index in [-0.39, 0.29) is 0 Å². The largest absolute Gasteiger partial charge is 0.309 e. The molecule has 1 aliphatic rings. The van der Waals surface area contributed by atoms with Crippen LogP contribution in [0, 0.1) is 0 Å². The first-order valence-electron chi connectivity index (χ1n) is 18.5. The molecular formula is C52H37N. The van der Waals surface area contributed by atoms with Crippen LogP contribution in [0.15, 0.2) is 206 Å². The molecular weight excluding hydrogens is 639 g/mol.